The predicted molar refractivity (Wildman–Crippen MR) is 102 cm³/mol. The number of nitrogens with one attached hydrogen (secondary N) is 2. The van der Waals surface area contributed by atoms with Crippen LogP contribution in [0, 0.1) is 5.82 Å². The van der Waals surface area contributed by atoms with Crippen molar-refractivity contribution in [2.45, 2.75) is 12.8 Å². The Labute approximate surface area is 164 Å². The van der Waals surface area contributed by atoms with Gasteiger partial charge in [-0.2, -0.15) is 0 Å². The number of hydrogen-bond donors (Lipinski definition) is 3. The van der Waals surface area contributed by atoms with Crippen molar-refractivity contribution in [2.75, 3.05) is 23.7 Å². The summed E-state index contributed by atoms with van der Waals surface area (Å²) in [6, 6.07) is 5.99. The molecule has 1 heterocycles. The van der Waals surface area contributed by atoms with Crippen molar-refractivity contribution in [3.8, 4) is 5.75 Å². The maximum absolute atomic E-state index is 13.5. The maximum atomic E-state index is 13.5. The number of urea groups is 1. The van der Waals surface area contributed by atoms with Gasteiger partial charge in [-0.1, -0.05) is 29.3 Å². The number of benzene rings is 2. The van der Waals surface area contributed by atoms with Gasteiger partial charge < -0.3 is 20.6 Å². The zero-order valence-electron chi connectivity index (χ0n) is 14.1. The van der Waals surface area contributed by atoms with Crippen LogP contribution in [0.5, 0.6) is 5.75 Å². The summed E-state index contributed by atoms with van der Waals surface area (Å²) in [6.45, 7) is 1.18. The van der Waals surface area contributed by atoms with Crippen molar-refractivity contribution in [3.05, 3.63) is 51.8 Å². The molecule has 0 aromatic heterocycles. The lowest BCUT2D eigenvalue weighted by molar-refractivity contribution is 0.0790. The van der Waals surface area contributed by atoms with E-state index in [1.807, 2.05) is 0 Å². The van der Waals surface area contributed by atoms with Crippen molar-refractivity contribution in [1.29, 1.82) is 0 Å². The van der Waals surface area contributed by atoms with Crippen LogP contribution in [0.2, 0.25) is 10.0 Å². The highest BCUT2D eigenvalue weighted by Gasteiger charge is 2.26. The second-order valence-electron chi connectivity index (χ2n) is 6.00. The first kappa shape index (κ1) is 19.3. The molecule has 1 aliphatic rings. The molecule has 0 bridgehead atoms. The molecule has 3 amide bonds. The van der Waals surface area contributed by atoms with Gasteiger partial charge in [0, 0.05) is 13.1 Å². The Bertz CT molecular complexity index is 902. The molecule has 142 valence electrons. The summed E-state index contributed by atoms with van der Waals surface area (Å²) in [4.78, 5) is 26.4. The van der Waals surface area contributed by atoms with Gasteiger partial charge in [0.1, 0.15) is 11.4 Å². The Morgan fingerprint density at radius 1 is 1.04 bits per heavy atom. The second kappa shape index (κ2) is 8.02. The average molecular weight is 412 g/mol. The molecule has 1 aliphatic heterocycles. The number of phenols is 1. The summed E-state index contributed by atoms with van der Waals surface area (Å²) in [5, 5.41) is 15.1. The van der Waals surface area contributed by atoms with Crippen LogP contribution in [0.1, 0.15) is 23.2 Å². The highest BCUT2D eigenvalue weighted by molar-refractivity contribution is 6.35. The fraction of sp³-hybridized carbons (Fsp3) is 0.222. The number of carbonyl (C=O) groups excluding carboxylic acids is 2. The van der Waals surface area contributed by atoms with Crippen molar-refractivity contribution < 1.29 is 19.1 Å². The van der Waals surface area contributed by atoms with Crippen molar-refractivity contribution in [3.63, 3.8) is 0 Å². The van der Waals surface area contributed by atoms with Crippen LogP contribution < -0.4 is 10.6 Å². The number of anilines is 2. The molecule has 0 unspecified atom stereocenters. The van der Waals surface area contributed by atoms with Crippen LogP contribution in [0.4, 0.5) is 20.6 Å². The van der Waals surface area contributed by atoms with Crippen molar-refractivity contribution in [1.82, 2.24) is 4.90 Å². The van der Waals surface area contributed by atoms with E-state index in [1.54, 1.807) is 4.90 Å². The highest BCUT2D eigenvalue weighted by Crippen LogP contribution is 2.35. The number of carbonyl (C=O) groups is 2. The first-order valence-electron chi connectivity index (χ1n) is 8.21. The molecule has 9 heteroatoms. The van der Waals surface area contributed by atoms with Crippen molar-refractivity contribution >= 4 is 46.5 Å². The number of phenolic OH excluding ortho intramolecular Hbond substituents is 1. The van der Waals surface area contributed by atoms with Gasteiger partial charge in [-0.15, -0.1) is 0 Å². The number of rotatable bonds is 3. The molecule has 0 saturated carbocycles. The number of likely N-dealkylation sites (tertiary alicyclic amines) is 1. The lowest BCUT2D eigenvalue weighted by Crippen LogP contribution is -2.28. The van der Waals surface area contributed by atoms with Crippen LogP contribution >= 0.6 is 23.2 Å². The molecule has 1 saturated heterocycles. The zero-order chi connectivity index (χ0) is 19.6. The second-order valence-corrected chi connectivity index (χ2v) is 6.78. The van der Waals surface area contributed by atoms with E-state index < -0.39 is 23.5 Å². The Kier molecular flexibility index (Phi) is 5.72. The van der Waals surface area contributed by atoms with Gasteiger partial charge in [0.25, 0.3) is 5.91 Å². The molecule has 27 heavy (non-hydrogen) atoms. The quantitative estimate of drug-likeness (QED) is 0.639. The third kappa shape index (κ3) is 4.09. The third-order valence-corrected chi connectivity index (χ3v) is 4.88. The lowest BCUT2D eigenvalue weighted by Gasteiger charge is -2.18. The Morgan fingerprint density at radius 2 is 1.70 bits per heavy atom. The molecule has 0 atom stereocenters. The van der Waals surface area contributed by atoms with Gasteiger partial charge in [-0.05, 0) is 37.1 Å². The average Bonchev–Trinajstić information content (AvgIpc) is 3.16. The summed E-state index contributed by atoms with van der Waals surface area (Å²) < 4.78 is 13.5. The predicted octanol–water partition coefficient (Wildman–Crippen LogP) is 4.72. The van der Waals surface area contributed by atoms with Gasteiger partial charge in [-0.3, -0.25) is 4.79 Å². The number of aromatic hydroxyl groups is 1. The van der Waals surface area contributed by atoms with E-state index in [0.717, 1.165) is 18.9 Å². The molecule has 0 aliphatic carbocycles. The molecule has 1 fully saturated rings. The van der Waals surface area contributed by atoms with Crippen LogP contribution in [-0.4, -0.2) is 35.0 Å². The standard InChI is InChI=1S/C18H16Cl2FN3O3/c19-10-6-7-13(16(25)14(10)17(26)24-8-1-2-9-24)23-18(27)22-12-5-3-4-11(21)15(12)20/h3-7,25H,1-2,8-9H2,(H2,22,23,27). The van der Waals surface area contributed by atoms with E-state index in [0.29, 0.717) is 13.1 Å². The molecule has 0 radical (unpaired) electrons. The molecule has 0 spiro atoms. The molecule has 3 rings (SSSR count). The normalized spacial score (nSPS) is 13.5. The van der Waals surface area contributed by atoms with Gasteiger partial charge in [0.2, 0.25) is 0 Å². The van der Waals surface area contributed by atoms with Gasteiger partial charge >= 0.3 is 6.03 Å². The maximum Gasteiger partial charge on any atom is 0.323 e. The molecule has 2 aromatic rings. The first-order chi connectivity index (χ1) is 12.9. The van der Waals surface area contributed by atoms with Gasteiger partial charge in [0.05, 0.1) is 21.4 Å². The minimum absolute atomic E-state index is 0.00743. The number of amides is 3. The molecular weight excluding hydrogens is 396 g/mol. The number of halogens is 3. The molecule has 6 nitrogen and oxygen atoms in total. The summed E-state index contributed by atoms with van der Waals surface area (Å²) in [5.41, 5.74) is -0.0110. The van der Waals surface area contributed by atoms with Crippen molar-refractivity contribution in [2.24, 2.45) is 0 Å². The highest BCUT2D eigenvalue weighted by atomic mass is 35.5. The molecule has 3 N–H and O–H groups in total. The summed E-state index contributed by atoms with van der Waals surface area (Å²) >= 11 is 11.9. The molecular formula is C18H16Cl2FN3O3. The smallest absolute Gasteiger partial charge is 0.323 e. The van der Waals surface area contributed by atoms with E-state index in [1.165, 1.54) is 24.3 Å². The van der Waals surface area contributed by atoms with E-state index in [-0.39, 0.29) is 27.0 Å². The Balaban J connectivity index is 1.80. The van der Waals surface area contributed by atoms with Crippen LogP contribution in [0.15, 0.2) is 30.3 Å². The van der Waals surface area contributed by atoms with Gasteiger partial charge in [0.15, 0.2) is 5.75 Å². The zero-order valence-corrected chi connectivity index (χ0v) is 15.6. The monoisotopic (exact) mass is 411 g/mol. The van der Waals surface area contributed by atoms with E-state index in [4.69, 9.17) is 23.2 Å². The molecule has 2 aromatic carbocycles. The van der Waals surface area contributed by atoms with Gasteiger partial charge in [-0.25, -0.2) is 9.18 Å². The first-order valence-corrected chi connectivity index (χ1v) is 8.97. The topological polar surface area (TPSA) is 81.7 Å². The summed E-state index contributed by atoms with van der Waals surface area (Å²) in [6.07, 6.45) is 1.78. The van der Waals surface area contributed by atoms with E-state index in [2.05, 4.69) is 10.6 Å². The minimum atomic E-state index is -0.764. The number of hydrogen-bond acceptors (Lipinski definition) is 3. The van der Waals surface area contributed by atoms with Crippen LogP contribution in [-0.2, 0) is 0 Å². The van der Waals surface area contributed by atoms with Crippen LogP contribution in [0.25, 0.3) is 0 Å². The Hall–Kier alpha value is -2.51. The summed E-state index contributed by atoms with van der Waals surface area (Å²) in [5.74, 6) is -1.51. The van der Waals surface area contributed by atoms with E-state index in [9.17, 15) is 19.1 Å². The third-order valence-electron chi connectivity index (χ3n) is 4.18. The SMILES string of the molecule is O=C(Nc1ccc(Cl)c(C(=O)N2CCCC2)c1O)Nc1cccc(F)c1Cl. The minimum Gasteiger partial charge on any atom is -0.505 e. The fourth-order valence-electron chi connectivity index (χ4n) is 2.83. The largest absolute Gasteiger partial charge is 0.505 e. The Morgan fingerprint density at radius 3 is 2.41 bits per heavy atom. The summed E-state index contributed by atoms with van der Waals surface area (Å²) in [7, 11) is 0. The lowest BCUT2D eigenvalue weighted by atomic mass is 10.1. The number of nitrogens with zero attached hydrogens (tertiary/aromatic N) is 1. The van der Waals surface area contributed by atoms with Crippen LogP contribution in [0.3, 0.4) is 0 Å². The van der Waals surface area contributed by atoms with E-state index >= 15 is 0 Å². The fourth-order valence-corrected chi connectivity index (χ4v) is 3.23.